The van der Waals surface area contributed by atoms with E-state index in [1.165, 1.54) is 6.26 Å². The summed E-state index contributed by atoms with van der Waals surface area (Å²) < 4.78 is 10.8. The molecule has 0 spiro atoms. The molecule has 1 aromatic carbocycles. The van der Waals surface area contributed by atoms with Crippen LogP contribution in [0.3, 0.4) is 0 Å². The van der Waals surface area contributed by atoms with Gasteiger partial charge < -0.3 is 14.0 Å². The number of hydrogen-bond donors (Lipinski definition) is 1. The van der Waals surface area contributed by atoms with E-state index < -0.39 is 5.97 Å². The molecule has 0 amide bonds. The quantitative estimate of drug-likeness (QED) is 0.783. The molecule has 90 valence electrons. The lowest BCUT2D eigenvalue weighted by Gasteiger charge is -1.92. The number of fused-ring (bicyclic) bond motifs is 1. The highest BCUT2D eigenvalue weighted by Gasteiger charge is 2.22. The molecule has 0 radical (unpaired) electrons. The summed E-state index contributed by atoms with van der Waals surface area (Å²) in [6.45, 7) is 0. The Bertz CT molecular complexity index is 743. The summed E-state index contributed by atoms with van der Waals surface area (Å²) in [4.78, 5) is 10.9. The minimum atomic E-state index is -1.15. The molecular weight excluding hydrogens is 302 g/mol. The number of hydrogen-bond acceptors (Lipinski definition) is 4. The summed E-state index contributed by atoms with van der Waals surface area (Å²) >= 11 is 3.18. The monoisotopic (exact) mass is 307 g/mol. The minimum absolute atomic E-state index is 0.157. The molecule has 0 aliphatic carbocycles. The van der Waals surface area contributed by atoms with Crippen LogP contribution in [0.2, 0.25) is 0 Å². The van der Waals surface area contributed by atoms with Crippen LogP contribution >= 0.6 is 15.9 Å². The van der Waals surface area contributed by atoms with E-state index >= 15 is 0 Å². The number of aromatic nitrogens is 1. The Kier molecular flexibility index (Phi) is 2.45. The van der Waals surface area contributed by atoms with Crippen molar-refractivity contribution in [3.8, 4) is 11.3 Å². The number of aromatic carboxylic acids is 1. The molecule has 0 fully saturated rings. The number of benzene rings is 1. The molecular formula is C12H6BrNO4. The molecule has 0 saturated carbocycles. The second-order valence-electron chi connectivity index (χ2n) is 3.62. The van der Waals surface area contributed by atoms with Crippen LogP contribution in [0.4, 0.5) is 0 Å². The first-order valence-electron chi connectivity index (χ1n) is 5.03. The Morgan fingerprint density at radius 3 is 2.83 bits per heavy atom. The summed E-state index contributed by atoms with van der Waals surface area (Å²) in [6.07, 6.45) is 1.52. The van der Waals surface area contributed by atoms with Crippen molar-refractivity contribution < 1.29 is 18.8 Å². The fraction of sp³-hybridized carbons (Fsp3) is 0. The first-order valence-corrected chi connectivity index (χ1v) is 5.83. The molecule has 0 aliphatic heterocycles. The van der Waals surface area contributed by atoms with Crippen molar-refractivity contribution in [1.29, 1.82) is 0 Å². The van der Waals surface area contributed by atoms with E-state index in [0.717, 1.165) is 5.39 Å². The third-order valence-electron chi connectivity index (χ3n) is 2.56. The number of carboxylic acids is 1. The van der Waals surface area contributed by atoms with Crippen LogP contribution in [0.1, 0.15) is 10.5 Å². The van der Waals surface area contributed by atoms with Crippen LogP contribution in [-0.4, -0.2) is 16.2 Å². The molecule has 2 aromatic heterocycles. The van der Waals surface area contributed by atoms with Crippen molar-refractivity contribution in [2.24, 2.45) is 0 Å². The van der Waals surface area contributed by atoms with Gasteiger partial charge >= 0.3 is 5.97 Å². The Labute approximate surface area is 109 Å². The molecule has 0 bridgehead atoms. The second kappa shape index (κ2) is 3.99. The third-order valence-corrected chi connectivity index (χ3v) is 3.30. The van der Waals surface area contributed by atoms with Crippen molar-refractivity contribution in [1.82, 2.24) is 5.16 Å². The van der Waals surface area contributed by atoms with Crippen LogP contribution in [-0.2, 0) is 0 Å². The average molecular weight is 308 g/mol. The van der Waals surface area contributed by atoms with Gasteiger partial charge in [-0.25, -0.2) is 4.79 Å². The number of carbonyl (C=O) groups is 1. The van der Waals surface area contributed by atoms with Gasteiger partial charge in [-0.3, -0.25) is 0 Å². The van der Waals surface area contributed by atoms with Gasteiger partial charge in [-0.15, -0.1) is 0 Å². The molecule has 1 N–H and O–H groups in total. The summed E-state index contributed by atoms with van der Waals surface area (Å²) in [6, 6.07) is 7.40. The van der Waals surface area contributed by atoms with E-state index in [9.17, 15) is 4.79 Å². The molecule has 0 unspecified atom stereocenters. The summed E-state index contributed by atoms with van der Waals surface area (Å²) in [7, 11) is 0. The van der Waals surface area contributed by atoms with E-state index in [2.05, 4.69) is 21.1 Å². The molecule has 6 heteroatoms. The zero-order valence-electron chi connectivity index (χ0n) is 8.88. The maximum Gasteiger partial charge on any atom is 0.359 e. The van der Waals surface area contributed by atoms with Crippen LogP contribution in [0.15, 0.2) is 43.9 Å². The van der Waals surface area contributed by atoms with E-state index in [-0.39, 0.29) is 5.69 Å². The van der Waals surface area contributed by atoms with Gasteiger partial charge in [0.25, 0.3) is 0 Å². The Hall–Kier alpha value is -2.08. The second-order valence-corrected chi connectivity index (χ2v) is 4.42. The highest BCUT2D eigenvalue weighted by atomic mass is 79.9. The lowest BCUT2D eigenvalue weighted by atomic mass is 10.1. The zero-order chi connectivity index (χ0) is 12.7. The fourth-order valence-corrected chi connectivity index (χ4v) is 2.26. The topological polar surface area (TPSA) is 76.5 Å². The van der Waals surface area contributed by atoms with E-state index in [1.54, 1.807) is 0 Å². The van der Waals surface area contributed by atoms with Crippen molar-refractivity contribution in [3.05, 3.63) is 40.7 Å². The smallest absolute Gasteiger partial charge is 0.359 e. The van der Waals surface area contributed by atoms with E-state index in [0.29, 0.717) is 21.4 Å². The third kappa shape index (κ3) is 1.53. The molecule has 18 heavy (non-hydrogen) atoms. The zero-order valence-corrected chi connectivity index (χ0v) is 10.5. The Morgan fingerprint density at radius 2 is 2.11 bits per heavy atom. The van der Waals surface area contributed by atoms with Gasteiger partial charge in [0, 0.05) is 5.39 Å². The molecule has 0 aliphatic rings. The average Bonchev–Trinajstić information content (AvgIpc) is 2.92. The standard InChI is InChI=1S/C12H6BrNO4/c13-9-10(12(15)16)14-18-11(9)7-5-17-8-4-2-1-3-6(7)8/h1-5H,(H,15,16). The number of para-hydroxylation sites is 1. The van der Waals surface area contributed by atoms with Crippen molar-refractivity contribution >= 4 is 32.9 Å². The van der Waals surface area contributed by atoms with Gasteiger partial charge in [-0.1, -0.05) is 23.4 Å². The molecule has 3 aromatic rings. The Balaban J connectivity index is 2.24. The van der Waals surface area contributed by atoms with Gasteiger partial charge in [0.1, 0.15) is 16.3 Å². The highest BCUT2D eigenvalue weighted by Crippen LogP contribution is 2.36. The number of carboxylic acid groups (broad SMARTS) is 1. The molecule has 2 heterocycles. The fourth-order valence-electron chi connectivity index (χ4n) is 1.73. The maximum atomic E-state index is 10.9. The van der Waals surface area contributed by atoms with Crippen molar-refractivity contribution in [2.75, 3.05) is 0 Å². The lowest BCUT2D eigenvalue weighted by molar-refractivity contribution is 0.0685. The van der Waals surface area contributed by atoms with Gasteiger partial charge in [0.2, 0.25) is 5.69 Å². The van der Waals surface area contributed by atoms with Crippen molar-refractivity contribution in [3.63, 3.8) is 0 Å². The van der Waals surface area contributed by atoms with Crippen molar-refractivity contribution in [2.45, 2.75) is 0 Å². The van der Waals surface area contributed by atoms with Crippen LogP contribution in [0.5, 0.6) is 0 Å². The molecule has 0 saturated heterocycles. The van der Waals surface area contributed by atoms with Crippen LogP contribution < -0.4 is 0 Å². The molecule has 3 rings (SSSR count). The van der Waals surface area contributed by atoms with Gasteiger partial charge in [0.15, 0.2) is 5.76 Å². The Morgan fingerprint density at radius 1 is 1.33 bits per heavy atom. The van der Waals surface area contributed by atoms with Gasteiger partial charge in [-0.05, 0) is 22.0 Å². The van der Waals surface area contributed by atoms with Gasteiger partial charge in [-0.2, -0.15) is 0 Å². The van der Waals surface area contributed by atoms with E-state index in [4.69, 9.17) is 14.0 Å². The highest BCUT2D eigenvalue weighted by molar-refractivity contribution is 9.10. The molecule has 5 nitrogen and oxygen atoms in total. The number of rotatable bonds is 2. The number of furan rings is 1. The SMILES string of the molecule is O=C(O)c1noc(-c2coc3ccccc23)c1Br. The lowest BCUT2D eigenvalue weighted by Crippen LogP contribution is -1.96. The first-order chi connectivity index (χ1) is 8.68. The minimum Gasteiger partial charge on any atom is -0.476 e. The van der Waals surface area contributed by atoms with E-state index in [1.807, 2.05) is 24.3 Å². The number of halogens is 1. The predicted octanol–water partition coefficient (Wildman–Crippen LogP) is 3.55. The number of nitrogens with zero attached hydrogens (tertiary/aromatic N) is 1. The summed E-state index contributed by atoms with van der Waals surface area (Å²) in [5, 5.41) is 13.3. The largest absolute Gasteiger partial charge is 0.476 e. The van der Waals surface area contributed by atoms with Crippen LogP contribution in [0.25, 0.3) is 22.3 Å². The van der Waals surface area contributed by atoms with Gasteiger partial charge in [0.05, 0.1) is 5.56 Å². The maximum absolute atomic E-state index is 10.9. The normalized spacial score (nSPS) is 10.9. The van der Waals surface area contributed by atoms with Crippen LogP contribution in [0, 0.1) is 0 Å². The molecule has 0 atom stereocenters. The first kappa shape index (κ1) is 11.0. The predicted molar refractivity (Wildman–Crippen MR) is 66.4 cm³/mol. The summed E-state index contributed by atoms with van der Waals surface area (Å²) in [5.41, 5.74) is 1.21. The summed E-state index contributed by atoms with van der Waals surface area (Å²) in [5.74, 6) is -0.804.